The third-order valence-electron chi connectivity index (χ3n) is 4.04. The van der Waals surface area contributed by atoms with Crippen molar-refractivity contribution in [3.05, 3.63) is 29.3 Å². The van der Waals surface area contributed by atoms with Gasteiger partial charge in [0.05, 0.1) is 5.56 Å². The minimum Gasteiger partial charge on any atom is -0.478 e. The molecule has 0 aliphatic carbocycles. The van der Waals surface area contributed by atoms with E-state index in [1.807, 2.05) is 20.8 Å². The van der Waals surface area contributed by atoms with Crippen LogP contribution in [-0.4, -0.2) is 29.6 Å². The standard InChI is InChI=1S/C16H22N2O3/c1-16(2,3)13(17)9-14(19)18-7-6-10-4-5-11(15(20)21)8-12(10)18/h4-5,8,13H,6-7,9,17H2,1-3H3,(H,20,21). The summed E-state index contributed by atoms with van der Waals surface area (Å²) in [6.45, 7) is 6.61. The van der Waals surface area contributed by atoms with E-state index < -0.39 is 5.97 Å². The van der Waals surface area contributed by atoms with Crippen LogP contribution in [0, 0.1) is 5.41 Å². The largest absolute Gasteiger partial charge is 0.478 e. The summed E-state index contributed by atoms with van der Waals surface area (Å²) in [6.07, 6.45) is 1.02. The third-order valence-corrected chi connectivity index (χ3v) is 4.04. The maximum atomic E-state index is 12.4. The van der Waals surface area contributed by atoms with Crippen molar-refractivity contribution in [3.63, 3.8) is 0 Å². The highest BCUT2D eigenvalue weighted by atomic mass is 16.4. The van der Waals surface area contributed by atoms with Crippen LogP contribution < -0.4 is 10.6 Å². The van der Waals surface area contributed by atoms with Crippen molar-refractivity contribution in [2.45, 2.75) is 39.7 Å². The molecule has 0 saturated heterocycles. The summed E-state index contributed by atoms with van der Waals surface area (Å²) in [6, 6.07) is 4.72. The lowest BCUT2D eigenvalue weighted by atomic mass is 9.85. The lowest BCUT2D eigenvalue weighted by Gasteiger charge is -2.28. The van der Waals surface area contributed by atoms with Crippen LogP contribution >= 0.6 is 0 Å². The van der Waals surface area contributed by atoms with Gasteiger partial charge < -0.3 is 15.7 Å². The molecule has 0 bridgehead atoms. The van der Waals surface area contributed by atoms with Crippen LogP contribution in [0.2, 0.25) is 0 Å². The second-order valence-corrected chi connectivity index (χ2v) is 6.62. The molecule has 0 aromatic heterocycles. The number of nitrogens with zero attached hydrogens (tertiary/aromatic N) is 1. The molecule has 0 saturated carbocycles. The van der Waals surface area contributed by atoms with Gasteiger partial charge in [0.25, 0.3) is 0 Å². The second kappa shape index (κ2) is 5.48. The van der Waals surface area contributed by atoms with Crippen molar-refractivity contribution in [1.82, 2.24) is 0 Å². The molecule has 0 radical (unpaired) electrons. The van der Waals surface area contributed by atoms with E-state index in [4.69, 9.17) is 10.8 Å². The molecule has 2 rings (SSSR count). The van der Waals surface area contributed by atoms with Crippen LogP contribution in [0.25, 0.3) is 0 Å². The summed E-state index contributed by atoms with van der Waals surface area (Å²) in [5.74, 6) is -1.03. The zero-order valence-electron chi connectivity index (χ0n) is 12.7. The van der Waals surface area contributed by atoms with E-state index in [-0.39, 0.29) is 29.3 Å². The number of fused-ring (bicyclic) bond motifs is 1. The van der Waals surface area contributed by atoms with Gasteiger partial charge in [-0.2, -0.15) is 0 Å². The molecule has 21 heavy (non-hydrogen) atoms. The summed E-state index contributed by atoms with van der Waals surface area (Å²) < 4.78 is 0. The van der Waals surface area contributed by atoms with E-state index in [1.54, 1.807) is 23.1 Å². The smallest absolute Gasteiger partial charge is 0.335 e. The highest BCUT2D eigenvalue weighted by Crippen LogP contribution is 2.30. The van der Waals surface area contributed by atoms with E-state index in [9.17, 15) is 9.59 Å². The van der Waals surface area contributed by atoms with Gasteiger partial charge in [-0.25, -0.2) is 4.79 Å². The average molecular weight is 290 g/mol. The van der Waals surface area contributed by atoms with Crippen molar-refractivity contribution in [1.29, 1.82) is 0 Å². The molecule has 5 heteroatoms. The summed E-state index contributed by atoms with van der Waals surface area (Å²) in [4.78, 5) is 25.2. The van der Waals surface area contributed by atoms with Gasteiger partial charge in [-0.3, -0.25) is 4.79 Å². The van der Waals surface area contributed by atoms with E-state index in [0.29, 0.717) is 12.2 Å². The maximum Gasteiger partial charge on any atom is 0.335 e. The average Bonchev–Trinajstić information content (AvgIpc) is 2.80. The first-order valence-electron chi connectivity index (χ1n) is 7.12. The van der Waals surface area contributed by atoms with Gasteiger partial charge in [0.1, 0.15) is 0 Å². The number of anilines is 1. The second-order valence-electron chi connectivity index (χ2n) is 6.62. The number of nitrogens with two attached hydrogens (primary N) is 1. The van der Waals surface area contributed by atoms with Crippen molar-refractivity contribution in [3.8, 4) is 0 Å². The minimum absolute atomic E-state index is 0.0429. The molecule has 1 amide bonds. The van der Waals surface area contributed by atoms with Gasteiger partial charge in [0.15, 0.2) is 0 Å². The third kappa shape index (κ3) is 3.24. The van der Waals surface area contributed by atoms with E-state index >= 15 is 0 Å². The number of amides is 1. The van der Waals surface area contributed by atoms with Crippen LogP contribution in [0.1, 0.15) is 43.1 Å². The van der Waals surface area contributed by atoms with Gasteiger partial charge in [-0.1, -0.05) is 26.8 Å². The molecule has 1 aromatic carbocycles. The Hall–Kier alpha value is -1.88. The van der Waals surface area contributed by atoms with Gasteiger partial charge >= 0.3 is 5.97 Å². The number of carboxylic acid groups (broad SMARTS) is 1. The van der Waals surface area contributed by atoms with E-state index in [1.165, 1.54) is 0 Å². The molecule has 0 fully saturated rings. The Bertz CT molecular complexity index is 575. The molecule has 0 spiro atoms. The minimum atomic E-state index is -0.983. The number of aromatic carboxylic acids is 1. The molecule has 1 unspecified atom stereocenters. The maximum absolute atomic E-state index is 12.4. The Morgan fingerprint density at radius 1 is 1.38 bits per heavy atom. The zero-order valence-corrected chi connectivity index (χ0v) is 12.7. The molecule has 1 heterocycles. The molecule has 1 aromatic rings. The van der Waals surface area contributed by atoms with Crippen molar-refractivity contribution >= 4 is 17.6 Å². The van der Waals surface area contributed by atoms with E-state index in [0.717, 1.165) is 12.0 Å². The molecule has 114 valence electrons. The summed E-state index contributed by atoms with van der Waals surface area (Å²) >= 11 is 0. The van der Waals surface area contributed by atoms with E-state index in [2.05, 4.69) is 0 Å². The molecule has 5 nitrogen and oxygen atoms in total. The fourth-order valence-electron chi connectivity index (χ4n) is 2.38. The first-order chi connectivity index (χ1) is 9.70. The van der Waals surface area contributed by atoms with Gasteiger partial charge in [-0.15, -0.1) is 0 Å². The predicted octanol–water partition coefficient (Wildman–Crippen LogP) is 2.04. The highest BCUT2D eigenvalue weighted by Gasteiger charge is 2.29. The van der Waals surface area contributed by atoms with Crippen molar-refractivity contribution < 1.29 is 14.7 Å². The van der Waals surface area contributed by atoms with Gasteiger partial charge in [0.2, 0.25) is 5.91 Å². The fraction of sp³-hybridized carbons (Fsp3) is 0.500. The fourth-order valence-corrected chi connectivity index (χ4v) is 2.38. The number of hydrogen-bond donors (Lipinski definition) is 2. The number of benzene rings is 1. The SMILES string of the molecule is CC(C)(C)C(N)CC(=O)N1CCc2ccc(C(=O)O)cc21. The Morgan fingerprint density at radius 3 is 2.62 bits per heavy atom. The Kier molecular flexibility index (Phi) is 4.05. The topological polar surface area (TPSA) is 83.6 Å². The highest BCUT2D eigenvalue weighted by molar-refractivity contribution is 5.98. The number of carbonyl (C=O) groups excluding carboxylic acids is 1. The summed E-state index contributed by atoms with van der Waals surface area (Å²) in [5, 5.41) is 9.07. The van der Waals surface area contributed by atoms with Crippen LogP contribution in [0.3, 0.4) is 0 Å². The lowest BCUT2D eigenvalue weighted by molar-refractivity contribution is -0.119. The Labute approximate surface area is 124 Å². The van der Waals surface area contributed by atoms with Crippen LogP contribution in [-0.2, 0) is 11.2 Å². The number of carbonyl (C=O) groups is 2. The molecular weight excluding hydrogens is 268 g/mol. The van der Waals surface area contributed by atoms with Gasteiger partial charge in [0, 0.05) is 24.7 Å². The lowest BCUT2D eigenvalue weighted by Crippen LogP contribution is -2.41. The van der Waals surface area contributed by atoms with Crippen molar-refractivity contribution in [2.75, 3.05) is 11.4 Å². The molecule has 3 N–H and O–H groups in total. The molecular formula is C16H22N2O3. The monoisotopic (exact) mass is 290 g/mol. The summed E-state index contributed by atoms with van der Waals surface area (Å²) in [7, 11) is 0. The normalized spacial score (nSPS) is 15.7. The number of rotatable bonds is 3. The number of carboxylic acids is 1. The summed E-state index contributed by atoms with van der Waals surface area (Å²) in [5.41, 5.74) is 7.86. The van der Waals surface area contributed by atoms with Crippen LogP contribution in [0.15, 0.2) is 18.2 Å². The molecule has 1 atom stereocenters. The van der Waals surface area contributed by atoms with Crippen molar-refractivity contribution in [2.24, 2.45) is 11.1 Å². The Balaban J connectivity index is 2.20. The quantitative estimate of drug-likeness (QED) is 0.892. The number of hydrogen-bond acceptors (Lipinski definition) is 3. The molecule has 1 aliphatic heterocycles. The zero-order chi connectivity index (χ0) is 15.8. The van der Waals surface area contributed by atoms with Gasteiger partial charge in [-0.05, 0) is 29.5 Å². The first kappa shape index (κ1) is 15.5. The molecule has 1 aliphatic rings. The van der Waals surface area contributed by atoms with Crippen LogP contribution in [0.5, 0.6) is 0 Å². The predicted molar refractivity (Wildman–Crippen MR) is 81.5 cm³/mol. The van der Waals surface area contributed by atoms with Crippen LogP contribution in [0.4, 0.5) is 5.69 Å². The Morgan fingerprint density at radius 2 is 2.05 bits per heavy atom. The first-order valence-corrected chi connectivity index (χ1v) is 7.12.